The number of nitrogens with zero attached hydrogens (tertiary/aromatic N) is 1. The zero-order valence-corrected chi connectivity index (χ0v) is 14.4. The molecule has 4 N–H and O–H groups in total. The molecule has 1 fully saturated rings. The summed E-state index contributed by atoms with van der Waals surface area (Å²) in [6, 6.07) is 7.77. The predicted molar refractivity (Wildman–Crippen MR) is 90.8 cm³/mol. The monoisotopic (exact) mass is 320 g/mol. The lowest BCUT2D eigenvalue weighted by atomic mass is 9.90. The summed E-state index contributed by atoms with van der Waals surface area (Å²) in [7, 11) is 3.49. The van der Waals surface area contributed by atoms with E-state index in [0.717, 1.165) is 11.3 Å². The lowest BCUT2D eigenvalue weighted by molar-refractivity contribution is -0.135. The maximum Gasteiger partial charge on any atom is 0.228 e. The number of rotatable bonds is 6. The van der Waals surface area contributed by atoms with Crippen LogP contribution in [0.15, 0.2) is 24.3 Å². The number of hydrazine groups is 1. The van der Waals surface area contributed by atoms with Crippen LogP contribution >= 0.6 is 0 Å². The molecule has 2 rings (SSSR count). The first-order valence-corrected chi connectivity index (χ1v) is 7.95. The summed E-state index contributed by atoms with van der Waals surface area (Å²) >= 11 is 0. The zero-order chi connectivity index (χ0) is 17.0. The number of nitrogens with one attached hydrogen (secondary N) is 2. The number of ether oxygens (including phenoxy) is 1. The van der Waals surface area contributed by atoms with Gasteiger partial charge in [0.05, 0.1) is 19.1 Å². The minimum absolute atomic E-state index is 0.0446. The third-order valence-corrected chi connectivity index (χ3v) is 4.37. The highest BCUT2D eigenvalue weighted by Crippen LogP contribution is 2.28. The Morgan fingerprint density at radius 2 is 2.04 bits per heavy atom. The van der Waals surface area contributed by atoms with Crippen molar-refractivity contribution in [1.82, 2.24) is 15.8 Å². The van der Waals surface area contributed by atoms with E-state index in [1.54, 1.807) is 12.0 Å². The molecule has 0 spiro atoms. The molecule has 0 aliphatic carbocycles. The first-order valence-electron chi connectivity index (χ1n) is 7.95. The average molecular weight is 320 g/mol. The summed E-state index contributed by atoms with van der Waals surface area (Å²) in [5.41, 5.74) is 13.1. The Morgan fingerprint density at radius 1 is 1.39 bits per heavy atom. The van der Waals surface area contributed by atoms with Gasteiger partial charge in [0.15, 0.2) is 0 Å². The molecule has 0 bridgehead atoms. The Morgan fingerprint density at radius 3 is 2.61 bits per heavy atom. The second-order valence-electron chi connectivity index (χ2n) is 6.95. The predicted octanol–water partition coefficient (Wildman–Crippen LogP) is 0.904. The Balaban J connectivity index is 2.09. The Hall–Kier alpha value is -1.63. The molecule has 1 aliphatic heterocycles. The van der Waals surface area contributed by atoms with Crippen LogP contribution in [0.3, 0.4) is 0 Å². The van der Waals surface area contributed by atoms with Gasteiger partial charge in [-0.1, -0.05) is 26.0 Å². The summed E-state index contributed by atoms with van der Waals surface area (Å²) in [6.07, 6.45) is 0. The quantitative estimate of drug-likeness (QED) is 0.726. The minimum Gasteiger partial charge on any atom is -0.497 e. The highest BCUT2D eigenvalue weighted by Gasteiger charge is 2.36. The molecule has 1 amide bonds. The number of methoxy groups -OCH3 is 1. The molecule has 1 heterocycles. The molecule has 0 radical (unpaired) electrons. The molecule has 1 saturated heterocycles. The zero-order valence-electron chi connectivity index (χ0n) is 14.4. The van der Waals surface area contributed by atoms with Gasteiger partial charge in [0, 0.05) is 20.1 Å². The molecule has 1 aliphatic rings. The van der Waals surface area contributed by atoms with Gasteiger partial charge in [-0.25, -0.2) is 5.43 Å². The lowest BCUT2D eigenvalue weighted by Gasteiger charge is -2.31. The van der Waals surface area contributed by atoms with Gasteiger partial charge in [0.25, 0.3) is 0 Å². The van der Waals surface area contributed by atoms with Gasteiger partial charge >= 0.3 is 0 Å². The maximum atomic E-state index is 12.8. The van der Waals surface area contributed by atoms with E-state index in [1.807, 2.05) is 31.3 Å². The summed E-state index contributed by atoms with van der Waals surface area (Å²) in [5.74, 6) is 0.802. The molecule has 2 atom stereocenters. The van der Waals surface area contributed by atoms with E-state index in [-0.39, 0.29) is 23.3 Å². The molecule has 2 unspecified atom stereocenters. The van der Waals surface area contributed by atoms with Gasteiger partial charge in [-0.15, -0.1) is 0 Å². The van der Waals surface area contributed by atoms with Crippen molar-refractivity contribution in [3.63, 3.8) is 0 Å². The number of nitrogens with two attached hydrogens (primary N) is 1. The van der Waals surface area contributed by atoms with Crippen LogP contribution in [0.1, 0.15) is 25.5 Å². The van der Waals surface area contributed by atoms with Crippen molar-refractivity contribution in [3.8, 4) is 5.75 Å². The summed E-state index contributed by atoms with van der Waals surface area (Å²) in [4.78, 5) is 14.6. The summed E-state index contributed by atoms with van der Waals surface area (Å²) in [6.45, 7) is 5.95. The van der Waals surface area contributed by atoms with E-state index in [1.165, 1.54) is 0 Å². The fraction of sp³-hybridized carbons (Fsp3) is 0.588. The van der Waals surface area contributed by atoms with Gasteiger partial charge < -0.3 is 15.4 Å². The number of hydrogen-bond donors (Lipinski definition) is 3. The fourth-order valence-corrected chi connectivity index (χ4v) is 2.92. The first kappa shape index (κ1) is 17.7. The van der Waals surface area contributed by atoms with E-state index < -0.39 is 0 Å². The van der Waals surface area contributed by atoms with Crippen molar-refractivity contribution in [1.29, 1.82) is 0 Å². The average Bonchev–Trinajstić information content (AvgIpc) is 3.03. The number of hydrogen-bond acceptors (Lipinski definition) is 5. The molecular weight excluding hydrogens is 292 g/mol. The minimum atomic E-state index is -0.137. The van der Waals surface area contributed by atoms with Crippen LogP contribution in [-0.2, 0) is 4.79 Å². The molecule has 0 aromatic heterocycles. The van der Waals surface area contributed by atoms with Crippen molar-refractivity contribution in [3.05, 3.63) is 29.8 Å². The molecule has 128 valence electrons. The smallest absolute Gasteiger partial charge is 0.228 e. The number of carbonyl (C=O) groups excluding carboxylic acids is 1. The summed E-state index contributed by atoms with van der Waals surface area (Å²) < 4.78 is 5.19. The Labute approximate surface area is 138 Å². The largest absolute Gasteiger partial charge is 0.497 e. The molecule has 0 saturated carbocycles. The fourth-order valence-electron chi connectivity index (χ4n) is 2.92. The van der Waals surface area contributed by atoms with E-state index in [0.29, 0.717) is 19.6 Å². The van der Waals surface area contributed by atoms with Crippen molar-refractivity contribution < 1.29 is 9.53 Å². The van der Waals surface area contributed by atoms with E-state index >= 15 is 0 Å². The van der Waals surface area contributed by atoms with Crippen molar-refractivity contribution in [2.24, 2.45) is 17.1 Å². The molecular formula is C17H28N4O2. The Kier molecular flexibility index (Phi) is 5.62. The molecule has 23 heavy (non-hydrogen) atoms. The van der Waals surface area contributed by atoms with Crippen molar-refractivity contribution >= 4 is 5.91 Å². The number of carbonyl (C=O) groups is 1. The van der Waals surface area contributed by atoms with E-state index in [9.17, 15) is 4.79 Å². The van der Waals surface area contributed by atoms with Crippen LogP contribution in [0.25, 0.3) is 0 Å². The van der Waals surface area contributed by atoms with Crippen LogP contribution in [-0.4, -0.2) is 44.6 Å². The molecule has 1 aromatic carbocycles. The van der Waals surface area contributed by atoms with E-state index in [4.69, 9.17) is 10.5 Å². The third kappa shape index (κ3) is 4.22. The van der Waals surface area contributed by atoms with Crippen LogP contribution < -0.4 is 21.3 Å². The second-order valence-corrected chi connectivity index (χ2v) is 6.95. The number of benzene rings is 1. The van der Waals surface area contributed by atoms with Gasteiger partial charge in [-0.05, 0) is 29.7 Å². The number of amides is 1. The normalized spacial score (nSPS) is 21.3. The van der Waals surface area contributed by atoms with Gasteiger partial charge in [0.1, 0.15) is 5.75 Å². The van der Waals surface area contributed by atoms with Gasteiger partial charge in [-0.2, -0.15) is 0 Å². The second kappa shape index (κ2) is 7.29. The van der Waals surface area contributed by atoms with Gasteiger partial charge in [0.2, 0.25) is 5.91 Å². The molecule has 1 aromatic rings. The Bertz CT molecular complexity index is 530. The summed E-state index contributed by atoms with van der Waals surface area (Å²) in [5, 5.41) is 0. The SMILES string of the molecule is COc1ccc(C2NNCC2C(=O)N(C)CC(C)(C)CN)cc1. The highest BCUT2D eigenvalue weighted by atomic mass is 16.5. The van der Waals surface area contributed by atoms with Crippen LogP contribution in [0.4, 0.5) is 0 Å². The van der Waals surface area contributed by atoms with E-state index in [2.05, 4.69) is 24.7 Å². The molecule has 6 nitrogen and oxygen atoms in total. The molecule has 6 heteroatoms. The van der Waals surface area contributed by atoms with Gasteiger partial charge in [-0.3, -0.25) is 10.2 Å². The third-order valence-electron chi connectivity index (χ3n) is 4.37. The topological polar surface area (TPSA) is 79.6 Å². The maximum absolute atomic E-state index is 12.8. The van der Waals surface area contributed by atoms with Crippen molar-refractivity contribution in [2.45, 2.75) is 19.9 Å². The van der Waals surface area contributed by atoms with Crippen LogP contribution in [0.2, 0.25) is 0 Å². The van der Waals surface area contributed by atoms with Crippen LogP contribution in [0.5, 0.6) is 5.75 Å². The highest BCUT2D eigenvalue weighted by molar-refractivity contribution is 5.80. The standard InChI is InChI=1S/C17H28N4O2/c1-17(2,10-18)11-21(3)16(22)14-9-19-20-15(14)12-5-7-13(23-4)8-6-12/h5-8,14-15,19-20H,9-11,18H2,1-4H3. The first-order chi connectivity index (χ1) is 10.9. The lowest BCUT2D eigenvalue weighted by Crippen LogP contribution is -2.43. The van der Waals surface area contributed by atoms with Crippen molar-refractivity contribution in [2.75, 3.05) is 33.8 Å². The van der Waals surface area contributed by atoms with Crippen LogP contribution in [0, 0.1) is 11.3 Å².